The molecule has 0 radical (unpaired) electrons. The number of aromatic nitrogens is 1. The molecule has 3 aromatic rings. The number of hydrogen-bond donors (Lipinski definition) is 0. The Morgan fingerprint density at radius 1 is 1.08 bits per heavy atom. The normalized spacial score (nSPS) is 13.8. The molecule has 1 atom stereocenters. The van der Waals surface area contributed by atoms with Crippen molar-refractivity contribution in [1.29, 1.82) is 0 Å². The summed E-state index contributed by atoms with van der Waals surface area (Å²) < 4.78 is 1.25. The van der Waals surface area contributed by atoms with Crippen LogP contribution in [0.1, 0.15) is 45.6 Å². The molecule has 0 bridgehead atoms. The first kappa shape index (κ1) is 16.9. The molecule has 0 aliphatic rings. The monoisotopic (exact) mass is 335 g/mol. The van der Waals surface area contributed by atoms with Gasteiger partial charge in [0.2, 0.25) is 0 Å². The fraction of sp³-hybridized carbons (Fsp3) is 0.318. The lowest BCUT2D eigenvalue weighted by Gasteiger charge is -2.35. The van der Waals surface area contributed by atoms with Crippen LogP contribution in [-0.4, -0.2) is 4.98 Å². The highest BCUT2D eigenvalue weighted by Crippen LogP contribution is 2.44. The van der Waals surface area contributed by atoms with Crippen LogP contribution in [0.25, 0.3) is 20.8 Å². The molecule has 0 fully saturated rings. The van der Waals surface area contributed by atoms with Crippen LogP contribution in [0.15, 0.2) is 60.7 Å². The molecule has 0 aliphatic carbocycles. The zero-order valence-electron chi connectivity index (χ0n) is 14.8. The average Bonchev–Trinajstić information content (AvgIpc) is 3.03. The van der Waals surface area contributed by atoms with Crippen molar-refractivity contribution in [2.45, 2.75) is 45.4 Å². The lowest BCUT2D eigenvalue weighted by Crippen LogP contribution is -2.27. The van der Waals surface area contributed by atoms with E-state index >= 15 is 0 Å². The van der Waals surface area contributed by atoms with E-state index in [9.17, 15) is 0 Å². The third-order valence-electron chi connectivity index (χ3n) is 5.06. The van der Waals surface area contributed by atoms with Gasteiger partial charge in [-0.2, -0.15) is 0 Å². The molecular weight excluding hydrogens is 310 g/mol. The lowest BCUT2D eigenvalue weighted by atomic mass is 9.68. The Balaban J connectivity index is 2.21. The quantitative estimate of drug-likeness (QED) is 0.442. The molecule has 0 saturated carbocycles. The molecule has 3 rings (SSSR count). The van der Waals surface area contributed by atoms with E-state index in [4.69, 9.17) is 4.98 Å². The Bertz CT molecular complexity index is 828. The number of benzene rings is 2. The van der Waals surface area contributed by atoms with E-state index in [1.54, 1.807) is 11.3 Å². The summed E-state index contributed by atoms with van der Waals surface area (Å²) in [5.74, 6) is 0. The zero-order valence-corrected chi connectivity index (χ0v) is 15.6. The molecule has 0 amide bonds. The fourth-order valence-electron chi connectivity index (χ4n) is 3.75. The van der Waals surface area contributed by atoms with Crippen LogP contribution in [0, 0.1) is 0 Å². The average molecular weight is 336 g/mol. The van der Waals surface area contributed by atoms with Crippen molar-refractivity contribution in [3.8, 4) is 10.6 Å². The highest BCUT2D eigenvalue weighted by atomic mass is 32.1. The first-order chi connectivity index (χ1) is 11.6. The van der Waals surface area contributed by atoms with Crippen LogP contribution in [0.5, 0.6) is 0 Å². The number of allylic oxidation sites excluding steroid dienone is 1. The van der Waals surface area contributed by atoms with E-state index < -0.39 is 0 Å². The summed E-state index contributed by atoms with van der Waals surface area (Å²) in [6.07, 6.45) is 3.34. The van der Waals surface area contributed by atoms with Crippen LogP contribution in [0.3, 0.4) is 0 Å². The highest BCUT2D eigenvalue weighted by molar-refractivity contribution is 7.21. The second-order valence-corrected chi connectivity index (χ2v) is 7.53. The van der Waals surface area contributed by atoms with E-state index in [0.717, 1.165) is 29.8 Å². The Kier molecular flexibility index (Phi) is 4.86. The minimum absolute atomic E-state index is 0.0310. The van der Waals surface area contributed by atoms with Gasteiger partial charge in [0, 0.05) is 11.0 Å². The van der Waals surface area contributed by atoms with Crippen LogP contribution >= 0.6 is 11.3 Å². The van der Waals surface area contributed by atoms with E-state index in [1.165, 1.54) is 21.4 Å². The molecule has 1 heterocycles. The van der Waals surface area contributed by atoms with Crippen molar-refractivity contribution in [3.05, 3.63) is 66.2 Å². The van der Waals surface area contributed by atoms with Crippen LogP contribution in [-0.2, 0) is 5.41 Å². The van der Waals surface area contributed by atoms with E-state index in [2.05, 4.69) is 75.9 Å². The topological polar surface area (TPSA) is 12.9 Å². The molecule has 2 aromatic carbocycles. The van der Waals surface area contributed by atoms with Crippen LogP contribution in [0.4, 0.5) is 0 Å². The third-order valence-corrected chi connectivity index (χ3v) is 6.13. The first-order valence-corrected chi connectivity index (χ1v) is 9.55. The smallest absolute Gasteiger partial charge is 0.124 e. The summed E-state index contributed by atoms with van der Waals surface area (Å²) in [5.41, 5.74) is 5.00. The van der Waals surface area contributed by atoms with Crippen molar-refractivity contribution in [2.75, 3.05) is 0 Å². The summed E-state index contributed by atoms with van der Waals surface area (Å²) >= 11 is 1.78. The van der Waals surface area contributed by atoms with Crippen molar-refractivity contribution >= 4 is 21.6 Å². The van der Waals surface area contributed by atoms with Crippen molar-refractivity contribution in [3.63, 3.8) is 0 Å². The molecule has 0 spiro atoms. The van der Waals surface area contributed by atoms with Gasteiger partial charge in [0.25, 0.3) is 0 Å². The minimum Gasteiger partial charge on any atom is -0.236 e. The maximum Gasteiger partial charge on any atom is 0.124 e. The number of para-hydroxylation sites is 1. The Morgan fingerprint density at radius 2 is 1.79 bits per heavy atom. The SMILES string of the molecule is C=C(C)C(CC)(CCC)c1ccccc1-c1nc2ccccc2s1. The van der Waals surface area contributed by atoms with Gasteiger partial charge in [0.15, 0.2) is 0 Å². The van der Waals surface area contributed by atoms with Crippen molar-refractivity contribution in [2.24, 2.45) is 0 Å². The molecule has 0 aliphatic heterocycles. The molecular formula is C22H25NS. The van der Waals surface area contributed by atoms with Crippen molar-refractivity contribution in [1.82, 2.24) is 4.98 Å². The second-order valence-electron chi connectivity index (χ2n) is 6.50. The van der Waals surface area contributed by atoms with Gasteiger partial charge in [0.05, 0.1) is 10.2 Å². The van der Waals surface area contributed by atoms with Gasteiger partial charge in [-0.25, -0.2) is 4.98 Å². The van der Waals surface area contributed by atoms with Gasteiger partial charge < -0.3 is 0 Å². The number of fused-ring (bicyclic) bond motifs is 1. The van der Waals surface area contributed by atoms with Gasteiger partial charge in [-0.3, -0.25) is 0 Å². The molecule has 1 nitrogen and oxygen atoms in total. The molecule has 0 saturated heterocycles. The molecule has 0 N–H and O–H groups in total. The summed E-state index contributed by atoms with van der Waals surface area (Å²) in [6, 6.07) is 17.1. The molecule has 1 aromatic heterocycles. The van der Waals surface area contributed by atoms with Crippen molar-refractivity contribution < 1.29 is 0 Å². The van der Waals surface area contributed by atoms with Crippen LogP contribution in [0.2, 0.25) is 0 Å². The van der Waals surface area contributed by atoms with Gasteiger partial charge in [-0.1, -0.05) is 68.8 Å². The number of nitrogens with zero attached hydrogens (tertiary/aromatic N) is 1. The number of thiazole rings is 1. The van der Waals surface area contributed by atoms with Crippen LogP contribution < -0.4 is 0 Å². The fourth-order valence-corrected chi connectivity index (χ4v) is 4.75. The predicted octanol–water partition coefficient (Wildman–Crippen LogP) is 6.99. The summed E-state index contributed by atoms with van der Waals surface area (Å²) in [6.45, 7) is 11.1. The summed E-state index contributed by atoms with van der Waals surface area (Å²) in [7, 11) is 0. The predicted molar refractivity (Wildman–Crippen MR) is 107 cm³/mol. The van der Waals surface area contributed by atoms with E-state index in [0.29, 0.717) is 0 Å². The standard InChI is InChI=1S/C22H25NS/c1-5-15-22(6-2,16(3)4)18-12-8-7-11-17(18)21-23-19-13-9-10-14-20(19)24-21/h7-14H,3,5-6,15H2,1-2,4H3. The van der Waals surface area contributed by atoms with Gasteiger partial charge in [-0.15, -0.1) is 11.3 Å². The number of rotatable bonds is 6. The van der Waals surface area contributed by atoms with Gasteiger partial charge >= 0.3 is 0 Å². The Labute approximate surface area is 149 Å². The third kappa shape index (κ3) is 2.80. The maximum absolute atomic E-state index is 4.90. The molecule has 124 valence electrons. The Hall–Kier alpha value is -1.93. The van der Waals surface area contributed by atoms with Gasteiger partial charge in [-0.05, 0) is 37.5 Å². The molecule has 1 unspecified atom stereocenters. The van der Waals surface area contributed by atoms with E-state index in [-0.39, 0.29) is 5.41 Å². The Morgan fingerprint density at radius 3 is 2.46 bits per heavy atom. The number of hydrogen-bond acceptors (Lipinski definition) is 2. The second kappa shape index (κ2) is 6.90. The molecule has 2 heteroatoms. The summed E-state index contributed by atoms with van der Waals surface area (Å²) in [4.78, 5) is 4.90. The van der Waals surface area contributed by atoms with Gasteiger partial charge in [0.1, 0.15) is 5.01 Å². The lowest BCUT2D eigenvalue weighted by molar-refractivity contribution is 0.443. The highest BCUT2D eigenvalue weighted by Gasteiger charge is 2.33. The summed E-state index contributed by atoms with van der Waals surface area (Å²) in [5, 5.41) is 1.11. The first-order valence-electron chi connectivity index (χ1n) is 8.74. The minimum atomic E-state index is 0.0310. The molecule has 24 heavy (non-hydrogen) atoms. The van der Waals surface area contributed by atoms with E-state index in [1.807, 2.05) is 0 Å². The largest absolute Gasteiger partial charge is 0.236 e. The zero-order chi connectivity index (χ0) is 17.2. The maximum atomic E-state index is 4.90.